The van der Waals surface area contributed by atoms with E-state index in [0.717, 1.165) is 40.4 Å². The maximum Gasteiger partial charge on any atom is 0.416 e. The van der Waals surface area contributed by atoms with Crippen molar-refractivity contribution < 1.29 is 26.4 Å². The van der Waals surface area contributed by atoms with Gasteiger partial charge in [-0.2, -0.15) is 13.2 Å². The Morgan fingerprint density at radius 3 is 2.06 bits per heavy atom. The highest BCUT2D eigenvalue weighted by molar-refractivity contribution is 7.92. The Morgan fingerprint density at radius 1 is 0.903 bits per heavy atom. The molecule has 9 heteroatoms. The Hall–Kier alpha value is -3.33. The van der Waals surface area contributed by atoms with Gasteiger partial charge in [0.2, 0.25) is 10.0 Å². The van der Waals surface area contributed by atoms with Crippen LogP contribution in [0.2, 0.25) is 0 Å². The van der Waals surface area contributed by atoms with Crippen LogP contribution < -0.4 is 9.62 Å². The smallest absolute Gasteiger partial charge is 0.322 e. The second-order valence-electron chi connectivity index (χ2n) is 6.80. The molecule has 0 aliphatic heterocycles. The Kier molecular flexibility index (Phi) is 6.35. The van der Waals surface area contributed by atoms with Crippen LogP contribution in [0.5, 0.6) is 0 Å². The van der Waals surface area contributed by atoms with Gasteiger partial charge in [-0.05, 0) is 42.0 Å². The van der Waals surface area contributed by atoms with E-state index in [-0.39, 0.29) is 23.5 Å². The molecule has 0 spiro atoms. The normalized spacial score (nSPS) is 11.7. The van der Waals surface area contributed by atoms with Gasteiger partial charge in [0.1, 0.15) is 0 Å². The molecule has 162 valence electrons. The summed E-state index contributed by atoms with van der Waals surface area (Å²) in [5.74, 6) is -0.642. The molecule has 1 amide bonds. The third-order valence-electron chi connectivity index (χ3n) is 4.46. The van der Waals surface area contributed by atoms with Crippen molar-refractivity contribution in [1.82, 2.24) is 0 Å². The maximum absolute atomic E-state index is 12.8. The number of hydrogen-bond donors (Lipinski definition) is 1. The molecular formula is C22H19F3N2O3S. The summed E-state index contributed by atoms with van der Waals surface area (Å²) in [5.41, 5.74) is 0.284. The molecule has 3 aromatic rings. The lowest BCUT2D eigenvalue weighted by Crippen LogP contribution is -2.31. The van der Waals surface area contributed by atoms with Crippen LogP contribution in [0.4, 0.5) is 24.5 Å². The minimum absolute atomic E-state index is 0.0181. The summed E-state index contributed by atoms with van der Waals surface area (Å²) >= 11 is 0. The molecule has 31 heavy (non-hydrogen) atoms. The number of amides is 1. The van der Waals surface area contributed by atoms with Crippen molar-refractivity contribution >= 4 is 27.3 Å². The van der Waals surface area contributed by atoms with E-state index in [2.05, 4.69) is 5.32 Å². The summed E-state index contributed by atoms with van der Waals surface area (Å²) in [6.07, 6.45) is -3.44. The first-order valence-electron chi connectivity index (χ1n) is 9.15. The Balaban J connectivity index is 1.91. The molecule has 5 nitrogen and oxygen atoms in total. The molecule has 0 aliphatic rings. The highest BCUT2D eigenvalue weighted by Crippen LogP contribution is 2.30. The number of nitrogens with zero attached hydrogens (tertiary/aromatic N) is 1. The number of benzene rings is 3. The number of halogens is 3. The number of para-hydroxylation sites is 1. The van der Waals surface area contributed by atoms with Gasteiger partial charge in [-0.25, -0.2) is 8.42 Å². The molecule has 0 fully saturated rings. The number of carbonyl (C=O) groups is 1. The van der Waals surface area contributed by atoms with Gasteiger partial charge in [-0.3, -0.25) is 9.10 Å². The largest absolute Gasteiger partial charge is 0.416 e. The zero-order valence-corrected chi connectivity index (χ0v) is 17.2. The van der Waals surface area contributed by atoms with Crippen LogP contribution in [-0.4, -0.2) is 20.6 Å². The summed E-state index contributed by atoms with van der Waals surface area (Å²) in [4.78, 5) is 12.8. The van der Waals surface area contributed by atoms with E-state index in [0.29, 0.717) is 0 Å². The predicted molar refractivity (Wildman–Crippen MR) is 113 cm³/mol. The van der Waals surface area contributed by atoms with Crippen molar-refractivity contribution in [3.8, 4) is 0 Å². The number of anilines is 2. The number of rotatable bonds is 6. The van der Waals surface area contributed by atoms with Crippen LogP contribution in [0.1, 0.15) is 21.5 Å². The van der Waals surface area contributed by atoms with Gasteiger partial charge in [-0.15, -0.1) is 0 Å². The second kappa shape index (κ2) is 8.81. The highest BCUT2D eigenvalue weighted by atomic mass is 32.2. The number of nitrogens with one attached hydrogen (secondary N) is 1. The topological polar surface area (TPSA) is 66.5 Å². The van der Waals surface area contributed by atoms with E-state index in [1.54, 1.807) is 42.5 Å². The molecule has 0 unspecified atom stereocenters. The maximum atomic E-state index is 12.8. The monoisotopic (exact) mass is 448 g/mol. The van der Waals surface area contributed by atoms with Crippen molar-refractivity contribution in [3.05, 3.63) is 95.6 Å². The molecule has 0 aromatic heterocycles. The average molecular weight is 448 g/mol. The molecule has 0 bridgehead atoms. The highest BCUT2D eigenvalue weighted by Gasteiger charge is 2.30. The molecule has 0 radical (unpaired) electrons. The average Bonchev–Trinajstić information content (AvgIpc) is 2.72. The fourth-order valence-corrected chi connectivity index (χ4v) is 3.85. The summed E-state index contributed by atoms with van der Waals surface area (Å²) in [7, 11) is -3.74. The molecule has 0 heterocycles. The Morgan fingerprint density at radius 2 is 1.48 bits per heavy atom. The van der Waals surface area contributed by atoms with E-state index in [9.17, 15) is 26.4 Å². The van der Waals surface area contributed by atoms with Gasteiger partial charge >= 0.3 is 6.18 Å². The van der Waals surface area contributed by atoms with Crippen LogP contribution in [0.15, 0.2) is 78.9 Å². The lowest BCUT2D eigenvalue weighted by molar-refractivity contribution is -0.137. The quantitative estimate of drug-likeness (QED) is 0.582. The van der Waals surface area contributed by atoms with Crippen LogP contribution >= 0.6 is 0 Å². The summed E-state index contributed by atoms with van der Waals surface area (Å²) in [6.45, 7) is 0.0181. The van der Waals surface area contributed by atoms with Gasteiger partial charge in [0.05, 0.1) is 29.6 Å². The third-order valence-corrected chi connectivity index (χ3v) is 5.58. The van der Waals surface area contributed by atoms with Crippen LogP contribution in [0.25, 0.3) is 0 Å². The minimum Gasteiger partial charge on any atom is -0.322 e. The van der Waals surface area contributed by atoms with Crippen LogP contribution in [0.3, 0.4) is 0 Å². The fraction of sp³-hybridized carbons (Fsp3) is 0.136. The lowest BCUT2D eigenvalue weighted by atomic mass is 10.1. The van der Waals surface area contributed by atoms with E-state index < -0.39 is 27.7 Å². The van der Waals surface area contributed by atoms with Crippen molar-refractivity contribution in [3.63, 3.8) is 0 Å². The molecule has 0 aliphatic carbocycles. The molecule has 3 aromatic carbocycles. The van der Waals surface area contributed by atoms with E-state index in [1.165, 1.54) is 12.1 Å². The zero-order valence-electron chi connectivity index (χ0n) is 16.4. The van der Waals surface area contributed by atoms with Gasteiger partial charge in [0.15, 0.2) is 0 Å². The minimum atomic E-state index is -4.48. The number of alkyl halides is 3. The van der Waals surface area contributed by atoms with Gasteiger partial charge < -0.3 is 5.32 Å². The number of hydrogen-bond acceptors (Lipinski definition) is 3. The van der Waals surface area contributed by atoms with E-state index >= 15 is 0 Å². The standard InChI is InChI=1S/C22H19F3N2O3S/c1-31(29,30)27(15-16-7-3-2-4-8-16)20-10-6-5-9-19(20)21(28)26-18-13-11-17(12-14-18)22(23,24)25/h2-14H,15H2,1H3,(H,26,28). The van der Waals surface area contributed by atoms with E-state index in [1.807, 2.05) is 0 Å². The van der Waals surface area contributed by atoms with Crippen molar-refractivity contribution in [1.29, 1.82) is 0 Å². The molecule has 3 rings (SSSR count). The first-order chi connectivity index (χ1) is 14.6. The van der Waals surface area contributed by atoms with Crippen LogP contribution in [-0.2, 0) is 22.7 Å². The molecule has 0 atom stereocenters. The van der Waals surface area contributed by atoms with E-state index in [4.69, 9.17) is 0 Å². The molecule has 0 saturated heterocycles. The van der Waals surface area contributed by atoms with Crippen molar-refractivity contribution in [2.24, 2.45) is 0 Å². The lowest BCUT2D eigenvalue weighted by Gasteiger charge is -2.24. The fourth-order valence-electron chi connectivity index (χ4n) is 2.95. The van der Waals surface area contributed by atoms with Crippen molar-refractivity contribution in [2.45, 2.75) is 12.7 Å². The number of carbonyl (C=O) groups excluding carboxylic acids is 1. The third kappa shape index (κ3) is 5.64. The SMILES string of the molecule is CS(=O)(=O)N(Cc1ccccc1)c1ccccc1C(=O)Nc1ccc(C(F)(F)F)cc1. The molecule has 0 saturated carbocycles. The van der Waals surface area contributed by atoms with Crippen LogP contribution in [0, 0.1) is 0 Å². The van der Waals surface area contributed by atoms with Crippen molar-refractivity contribution in [2.75, 3.05) is 15.9 Å². The molecule has 1 N–H and O–H groups in total. The Labute approximate surface area is 178 Å². The first-order valence-corrected chi connectivity index (χ1v) is 11.0. The zero-order chi connectivity index (χ0) is 22.6. The van der Waals surface area contributed by atoms with Gasteiger partial charge in [0, 0.05) is 5.69 Å². The predicted octanol–water partition coefficient (Wildman–Crippen LogP) is 4.92. The van der Waals surface area contributed by atoms with Gasteiger partial charge in [0.25, 0.3) is 5.91 Å². The Bertz CT molecular complexity index is 1160. The summed E-state index contributed by atoms with van der Waals surface area (Å²) in [6, 6.07) is 19.0. The van der Waals surface area contributed by atoms with Gasteiger partial charge in [-0.1, -0.05) is 42.5 Å². The second-order valence-corrected chi connectivity index (χ2v) is 8.71. The summed E-state index contributed by atoms with van der Waals surface area (Å²) < 4.78 is 64.3. The number of sulfonamides is 1. The first kappa shape index (κ1) is 22.4. The molecular weight excluding hydrogens is 429 g/mol. The summed E-state index contributed by atoms with van der Waals surface area (Å²) in [5, 5.41) is 2.52.